The highest BCUT2D eigenvalue weighted by molar-refractivity contribution is 9.10. The van der Waals surface area contributed by atoms with Crippen LogP contribution in [0.1, 0.15) is 38.8 Å². The summed E-state index contributed by atoms with van der Waals surface area (Å²) in [5.41, 5.74) is 2.32. The summed E-state index contributed by atoms with van der Waals surface area (Å²) in [6.45, 7) is 1.89. The van der Waals surface area contributed by atoms with Gasteiger partial charge in [0.05, 0.1) is 17.3 Å². The molecule has 1 atom stereocenters. The number of carbonyl (C=O) groups is 1. The fraction of sp³-hybridized carbons (Fsp3) is 0.0952. The minimum absolute atomic E-state index is 0.115. The monoisotopic (exact) mass is 457 g/mol. The molecule has 0 unspecified atom stereocenters. The van der Waals surface area contributed by atoms with Crippen LogP contribution in [-0.4, -0.2) is 10.9 Å². The highest BCUT2D eigenvalue weighted by atomic mass is 79.9. The Labute approximate surface area is 175 Å². The SMILES string of the molecule is Cc1cc(Br)cnc1[C@H](NC(=O)c1ccc(C#N)c(F)c1)c1ccc(Cl)cc1. The molecular formula is C21H14BrClFN3O. The highest BCUT2D eigenvalue weighted by Crippen LogP contribution is 2.26. The fourth-order valence-electron chi connectivity index (χ4n) is 2.78. The lowest BCUT2D eigenvalue weighted by molar-refractivity contribution is 0.0941. The maximum absolute atomic E-state index is 13.9. The molecule has 28 heavy (non-hydrogen) atoms. The van der Waals surface area contributed by atoms with E-state index in [0.29, 0.717) is 10.7 Å². The Morgan fingerprint density at radius 2 is 1.96 bits per heavy atom. The standard InChI is InChI=1S/C21H14BrClFN3O/c1-12-8-16(22)11-26-19(12)20(13-4-6-17(23)7-5-13)27-21(28)14-2-3-15(10-25)18(24)9-14/h2-9,11,20H,1H3,(H,27,28)/t20-/m1/s1. The summed E-state index contributed by atoms with van der Waals surface area (Å²) >= 11 is 9.37. The van der Waals surface area contributed by atoms with Crippen LogP contribution < -0.4 is 5.32 Å². The second kappa shape index (κ2) is 8.51. The van der Waals surface area contributed by atoms with Crippen molar-refractivity contribution >= 4 is 33.4 Å². The van der Waals surface area contributed by atoms with Gasteiger partial charge in [-0.25, -0.2) is 4.39 Å². The third kappa shape index (κ3) is 4.38. The predicted octanol–water partition coefficient (Wildman–Crippen LogP) is 5.34. The number of hydrogen-bond donors (Lipinski definition) is 1. The molecule has 0 aliphatic rings. The van der Waals surface area contributed by atoms with Crippen molar-refractivity contribution in [3.63, 3.8) is 0 Å². The minimum atomic E-state index is -0.740. The average Bonchev–Trinajstić information content (AvgIpc) is 2.67. The first-order valence-electron chi connectivity index (χ1n) is 8.27. The first-order valence-corrected chi connectivity index (χ1v) is 9.44. The number of nitriles is 1. The molecule has 7 heteroatoms. The lowest BCUT2D eigenvalue weighted by atomic mass is 9.99. The Hall–Kier alpha value is -2.75. The van der Waals surface area contributed by atoms with Crippen molar-refractivity contribution in [2.75, 3.05) is 0 Å². The van der Waals surface area contributed by atoms with Crippen LogP contribution >= 0.6 is 27.5 Å². The molecule has 0 aliphatic carbocycles. The summed E-state index contributed by atoms with van der Waals surface area (Å²) in [6, 6.07) is 13.9. The van der Waals surface area contributed by atoms with E-state index in [4.69, 9.17) is 16.9 Å². The summed E-state index contributed by atoms with van der Waals surface area (Å²) in [7, 11) is 0. The van der Waals surface area contributed by atoms with Crippen molar-refractivity contribution in [1.82, 2.24) is 10.3 Å². The van der Waals surface area contributed by atoms with Gasteiger partial charge in [0.2, 0.25) is 0 Å². The number of hydrogen-bond acceptors (Lipinski definition) is 3. The molecule has 0 saturated carbocycles. The highest BCUT2D eigenvalue weighted by Gasteiger charge is 2.22. The number of nitrogens with one attached hydrogen (secondary N) is 1. The van der Waals surface area contributed by atoms with Gasteiger partial charge in [-0.05, 0) is 70.4 Å². The topological polar surface area (TPSA) is 65.8 Å². The van der Waals surface area contributed by atoms with Crippen LogP contribution in [-0.2, 0) is 0 Å². The number of carbonyl (C=O) groups excluding carboxylic acids is 1. The molecule has 0 aliphatic heterocycles. The lowest BCUT2D eigenvalue weighted by Crippen LogP contribution is -2.30. The maximum atomic E-state index is 13.9. The molecule has 2 aromatic carbocycles. The van der Waals surface area contributed by atoms with Crippen LogP contribution in [0.25, 0.3) is 0 Å². The smallest absolute Gasteiger partial charge is 0.252 e. The third-order valence-electron chi connectivity index (χ3n) is 4.19. The van der Waals surface area contributed by atoms with E-state index >= 15 is 0 Å². The van der Waals surface area contributed by atoms with Gasteiger partial charge in [-0.15, -0.1) is 0 Å². The average molecular weight is 459 g/mol. The summed E-state index contributed by atoms with van der Waals surface area (Å²) in [5, 5.41) is 12.3. The molecule has 140 valence electrons. The number of aryl methyl sites for hydroxylation is 1. The second-order valence-corrected chi connectivity index (χ2v) is 7.47. The van der Waals surface area contributed by atoms with E-state index in [1.54, 1.807) is 36.5 Å². The molecule has 3 rings (SSSR count). The van der Waals surface area contributed by atoms with Gasteiger partial charge in [-0.3, -0.25) is 9.78 Å². The van der Waals surface area contributed by atoms with Crippen LogP contribution in [0.3, 0.4) is 0 Å². The maximum Gasteiger partial charge on any atom is 0.252 e. The molecule has 1 N–H and O–H groups in total. The normalized spacial score (nSPS) is 11.5. The lowest BCUT2D eigenvalue weighted by Gasteiger charge is -2.21. The van der Waals surface area contributed by atoms with Crippen molar-refractivity contribution in [3.8, 4) is 6.07 Å². The molecule has 1 aromatic heterocycles. The molecule has 0 bridgehead atoms. The van der Waals surface area contributed by atoms with Gasteiger partial charge in [-0.1, -0.05) is 23.7 Å². The van der Waals surface area contributed by atoms with E-state index < -0.39 is 17.8 Å². The third-order valence-corrected chi connectivity index (χ3v) is 4.87. The van der Waals surface area contributed by atoms with Gasteiger partial charge >= 0.3 is 0 Å². The van der Waals surface area contributed by atoms with Crippen molar-refractivity contribution in [2.24, 2.45) is 0 Å². The van der Waals surface area contributed by atoms with E-state index in [1.807, 2.05) is 13.0 Å². The Kier molecular flexibility index (Phi) is 6.08. The summed E-state index contributed by atoms with van der Waals surface area (Å²) < 4.78 is 14.7. The zero-order valence-electron chi connectivity index (χ0n) is 14.7. The Balaban J connectivity index is 1.99. The number of benzene rings is 2. The van der Waals surface area contributed by atoms with Gasteiger partial charge in [0, 0.05) is 21.3 Å². The molecule has 0 radical (unpaired) electrons. The number of amides is 1. The molecular weight excluding hydrogens is 445 g/mol. The summed E-state index contributed by atoms with van der Waals surface area (Å²) in [5.74, 6) is -1.22. The van der Waals surface area contributed by atoms with Gasteiger partial charge in [0.15, 0.2) is 0 Å². The molecule has 4 nitrogen and oxygen atoms in total. The summed E-state index contributed by atoms with van der Waals surface area (Å²) in [4.78, 5) is 17.2. The Morgan fingerprint density at radius 1 is 1.25 bits per heavy atom. The van der Waals surface area contributed by atoms with Gasteiger partial charge in [0.1, 0.15) is 11.9 Å². The van der Waals surface area contributed by atoms with Crippen molar-refractivity contribution in [1.29, 1.82) is 5.26 Å². The van der Waals surface area contributed by atoms with Crippen LogP contribution in [0.2, 0.25) is 5.02 Å². The van der Waals surface area contributed by atoms with Gasteiger partial charge in [-0.2, -0.15) is 5.26 Å². The van der Waals surface area contributed by atoms with Crippen molar-refractivity contribution in [3.05, 3.63) is 98.0 Å². The second-order valence-electron chi connectivity index (χ2n) is 6.12. The number of rotatable bonds is 4. The molecule has 0 saturated heterocycles. The largest absolute Gasteiger partial charge is 0.340 e. The molecule has 0 spiro atoms. The van der Waals surface area contributed by atoms with Gasteiger partial charge in [0.25, 0.3) is 5.91 Å². The van der Waals surface area contributed by atoms with E-state index in [1.165, 1.54) is 12.1 Å². The van der Waals surface area contributed by atoms with Crippen LogP contribution in [0, 0.1) is 24.1 Å². The first-order chi connectivity index (χ1) is 13.4. The van der Waals surface area contributed by atoms with Crippen molar-refractivity contribution in [2.45, 2.75) is 13.0 Å². The molecule has 0 fully saturated rings. The zero-order chi connectivity index (χ0) is 20.3. The number of halogens is 3. The Morgan fingerprint density at radius 3 is 2.57 bits per heavy atom. The first kappa shape index (κ1) is 20.0. The zero-order valence-corrected chi connectivity index (χ0v) is 17.1. The molecule has 3 aromatic rings. The van der Waals surface area contributed by atoms with Crippen LogP contribution in [0.15, 0.2) is 59.2 Å². The summed E-state index contributed by atoms with van der Waals surface area (Å²) in [6.07, 6.45) is 1.65. The van der Waals surface area contributed by atoms with Crippen LogP contribution in [0.4, 0.5) is 4.39 Å². The number of aromatic nitrogens is 1. The number of pyridine rings is 1. The van der Waals surface area contributed by atoms with E-state index in [9.17, 15) is 9.18 Å². The van der Waals surface area contributed by atoms with Gasteiger partial charge < -0.3 is 5.32 Å². The number of nitrogens with zero attached hydrogens (tertiary/aromatic N) is 2. The molecule has 1 heterocycles. The van der Waals surface area contributed by atoms with Crippen LogP contribution in [0.5, 0.6) is 0 Å². The Bertz CT molecular complexity index is 1080. The quantitative estimate of drug-likeness (QED) is 0.574. The van der Waals surface area contributed by atoms with E-state index in [0.717, 1.165) is 21.7 Å². The van der Waals surface area contributed by atoms with Crippen molar-refractivity contribution < 1.29 is 9.18 Å². The van der Waals surface area contributed by atoms with E-state index in [-0.39, 0.29) is 11.1 Å². The minimum Gasteiger partial charge on any atom is -0.340 e. The fourth-order valence-corrected chi connectivity index (χ4v) is 3.35. The van der Waals surface area contributed by atoms with E-state index in [2.05, 4.69) is 26.2 Å². The molecule has 1 amide bonds. The predicted molar refractivity (Wildman–Crippen MR) is 109 cm³/mol.